The zero-order valence-corrected chi connectivity index (χ0v) is 13.4. The number of nitrogens with one attached hydrogen (secondary N) is 2. The summed E-state index contributed by atoms with van der Waals surface area (Å²) in [6.45, 7) is 8.46. The first-order valence-corrected chi connectivity index (χ1v) is 7.73. The Labute approximate surface area is 128 Å². The lowest BCUT2D eigenvalue weighted by Gasteiger charge is -2.29. The Bertz CT molecular complexity index is 417. The lowest BCUT2D eigenvalue weighted by molar-refractivity contribution is 0.0949. The van der Waals surface area contributed by atoms with Crippen molar-refractivity contribution in [2.24, 2.45) is 5.41 Å². The molecule has 21 heavy (non-hydrogen) atoms. The number of carbonyl (C=O) groups is 1. The first kappa shape index (κ1) is 17.7. The maximum atomic E-state index is 11.9. The van der Waals surface area contributed by atoms with Crippen molar-refractivity contribution >= 4 is 5.91 Å². The zero-order chi connectivity index (χ0) is 15.7. The first-order valence-electron chi connectivity index (χ1n) is 7.73. The van der Waals surface area contributed by atoms with Crippen LogP contribution in [0.15, 0.2) is 24.3 Å². The molecule has 0 saturated heterocycles. The van der Waals surface area contributed by atoms with Gasteiger partial charge in [0.1, 0.15) is 0 Å². The zero-order valence-electron chi connectivity index (χ0n) is 13.4. The Kier molecular flexibility index (Phi) is 7.40. The van der Waals surface area contributed by atoms with Gasteiger partial charge < -0.3 is 15.7 Å². The molecule has 4 nitrogen and oxygen atoms in total. The molecule has 0 bridgehead atoms. The average Bonchev–Trinajstić information content (AvgIpc) is 2.52. The molecule has 3 N–H and O–H groups in total. The van der Waals surface area contributed by atoms with Gasteiger partial charge in [-0.05, 0) is 31.9 Å². The van der Waals surface area contributed by atoms with Crippen molar-refractivity contribution in [1.29, 1.82) is 0 Å². The Morgan fingerprint density at radius 2 is 1.76 bits per heavy atom. The molecule has 4 heteroatoms. The molecule has 1 aromatic rings. The number of carbonyl (C=O) groups excluding carboxylic acids is 1. The molecule has 1 aromatic carbocycles. The summed E-state index contributed by atoms with van der Waals surface area (Å²) in [4.78, 5) is 11.9. The second-order valence-electron chi connectivity index (χ2n) is 5.66. The molecule has 0 aliphatic carbocycles. The SMILES string of the molecule is CCC(CC)(CO)CNCCNC(=O)c1ccc(C)cc1. The lowest BCUT2D eigenvalue weighted by atomic mass is 9.83. The Balaban J connectivity index is 2.28. The van der Waals surface area contributed by atoms with Gasteiger partial charge in [0, 0.05) is 37.2 Å². The summed E-state index contributed by atoms with van der Waals surface area (Å²) < 4.78 is 0. The van der Waals surface area contributed by atoms with Gasteiger partial charge in [-0.25, -0.2) is 0 Å². The summed E-state index contributed by atoms with van der Waals surface area (Å²) in [6.07, 6.45) is 1.89. The molecule has 0 aliphatic heterocycles. The number of amides is 1. The van der Waals surface area contributed by atoms with E-state index in [1.807, 2.05) is 31.2 Å². The maximum Gasteiger partial charge on any atom is 0.251 e. The number of hydrogen-bond donors (Lipinski definition) is 3. The van der Waals surface area contributed by atoms with Crippen molar-refractivity contribution in [2.75, 3.05) is 26.2 Å². The number of hydrogen-bond acceptors (Lipinski definition) is 3. The van der Waals surface area contributed by atoms with Crippen LogP contribution < -0.4 is 10.6 Å². The van der Waals surface area contributed by atoms with Crippen LogP contribution in [0.2, 0.25) is 0 Å². The first-order chi connectivity index (χ1) is 10.1. The van der Waals surface area contributed by atoms with E-state index in [0.717, 1.165) is 24.9 Å². The van der Waals surface area contributed by atoms with E-state index in [4.69, 9.17) is 0 Å². The van der Waals surface area contributed by atoms with Gasteiger partial charge >= 0.3 is 0 Å². The van der Waals surface area contributed by atoms with E-state index in [-0.39, 0.29) is 17.9 Å². The molecular weight excluding hydrogens is 264 g/mol. The highest BCUT2D eigenvalue weighted by molar-refractivity contribution is 5.94. The van der Waals surface area contributed by atoms with E-state index in [9.17, 15) is 9.90 Å². The van der Waals surface area contributed by atoms with Gasteiger partial charge in [-0.3, -0.25) is 4.79 Å². The summed E-state index contributed by atoms with van der Waals surface area (Å²) in [5, 5.41) is 15.7. The third-order valence-corrected chi connectivity index (χ3v) is 4.24. The van der Waals surface area contributed by atoms with E-state index in [2.05, 4.69) is 24.5 Å². The van der Waals surface area contributed by atoms with Gasteiger partial charge in [0.15, 0.2) is 0 Å². The van der Waals surface area contributed by atoms with Crippen LogP contribution in [-0.4, -0.2) is 37.3 Å². The molecule has 1 amide bonds. The van der Waals surface area contributed by atoms with Crippen molar-refractivity contribution in [3.8, 4) is 0 Å². The topological polar surface area (TPSA) is 61.4 Å². The molecule has 1 rings (SSSR count). The summed E-state index contributed by atoms with van der Waals surface area (Å²) in [7, 11) is 0. The molecule has 0 radical (unpaired) electrons. The second kappa shape index (κ2) is 8.80. The minimum atomic E-state index is -0.0452. The summed E-state index contributed by atoms with van der Waals surface area (Å²) in [5.74, 6) is -0.0452. The van der Waals surface area contributed by atoms with Gasteiger partial charge in [0.2, 0.25) is 0 Å². The normalized spacial score (nSPS) is 11.4. The fraction of sp³-hybridized carbons (Fsp3) is 0.588. The van der Waals surface area contributed by atoms with Crippen LogP contribution in [0.3, 0.4) is 0 Å². The molecule has 0 saturated carbocycles. The predicted octanol–water partition coefficient (Wildman–Crippen LogP) is 2.11. The van der Waals surface area contributed by atoms with Crippen molar-refractivity contribution in [1.82, 2.24) is 10.6 Å². The van der Waals surface area contributed by atoms with Gasteiger partial charge in [-0.1, -0.05) is 31.5 Å². The Hall–Kier alpha value is -1.39. The summed E-state index contributed by atoms with van der Waals surface area (Å²) in [5.41, 5.74) is 1.79. The second-order valence-corrected chi connectivity index (χ2v) is 5.66. The number of aliphatic hydroxyl groups excluding tert-OH is 1. The Morgan fingerprint density at radius 3 is 2.29 bits per heavy atom. The van der Waals surface area contributed by atoms with Gasteiger partial charge in [0.25, 0.3) is 5.91 Å². The third kappa shape index (κ3) is 5.48. The van der Waals surface area contributed by atoms with Crippen LogP contribution >= 0.6 is 0 Å². The monoisotopic (exact) mass is 292 g/mol. The van der Waals surface area contributed by atoms with Gasteiger partial charge in [-0.15, -0.1) is 0 Å². The van der Waals surface area contributed by atoms with E-state index >= 15 is 0 Å². The fourth-order valence-corrected chi connectivity index (χ4v) is 2.20. The van der Waals surface area contributed by atoms with Crippen LogP contribution in [0.5, 0.6) is 0 Å². The molecule has 0 fully saturated rings. The molecular formula is C17H28N2O2. The van der Waals surface area contributed by atoms with Crippen molar-refractivity contribution in [2.45, 2.75) is 33.6 Å². The molecule has 118 valence electrons. The number of aliphatic hydroxyl groups is 1. The van der Waals surface area contributed by atoms with Gasteiger partial charge in [0.05, 0.1) is 0 Å². The summed E-state index contributed by atoms with van der Waals surface area (Å²) >= 11 is 0. The number of rotatable bonds is 9. The van der Waals surface area contributed by atoms with Gasteiger partial charge in [-0.2, -0.15) is 0 Å². The third-order valence-electron chi connectivity index (χ3n) is 4.24. The largest absolute Gasteiger partial charge is 0.396 e. The van der Waals surface area contributed by atoms with Crippen LogP contribution in [0, 0.1) is 12.3 Å². The highest BCUT2D eigenvalue weighted by Crippen LogP contribution is 2.24. The minimum Gasteiger partial charge on any atom is -0.396 e. The number of aryl methyl sites for hydroxylation is 1. The highest BCUT2D eigenvalue weighted by atomic mass is 16.3. The molecule has 0 unspecified atom stereocenters. The van der Waals surface area contributed by atoms with E-state index in [1.165, 1.54) is 0 Å². The molecule has 0 spiro atoms. The lowest BCUT2D eigenvalue weighted by Crippen LogP contribution is -2.40. The van der Waals surface area contributed by atoms with Crippen molar-refractivity contribution in [3.05, 3.63) is 35.4 Å². The van der Waals surface area contributed by atoms with Crippen LogP contribution in [0.4, 0.5) is 0 Å². The predicted molar refractivity (Wildman–Crippen MR) is 86.5 cm³/mol. The van der Waals surface area contributed by atoms with Crippen LogP contribution in [0.25, 0.3) is 0 Å². The maximum absolute atomic E-state index is 11.9. The molecule has 0 aromatic heterocycles. The average molecular weight is 292 g/mol. The van der Waals surface area contributed by atoms with Crippen molar-refractivity contribution < 1.29 is 9.90 Å². The highest BCUT2D eigenvalue weighted by Gasteiger charge is 2.24. The van der Waals surface area contributed by atoms with E-state index in [1.54, 1.807) is 0 Å². The molecule has 0 heterocycles. The molecule has 0 atom stereocenters. The van der Waals surface area contributed by atoms with Crippen LogP contribution in [-0.2, 0) is 0 Å². The van der Waals surface area contributed by atoms with Crippen molar-refractivity contribution in [3.63, 3.8) is 0 Å². The molecule has 0 aliphatic rings. The number of benzene rings is 1. The van der Waals surface area contributed by atoms with Crippen LogP contribution in [0.1, 0.15) is 42.6 Å². The quantitative estimate of drug-likeness (QED) is 0.611. The van der Waals surface area contributed by atoms with E-state index in [0.29, 0.717) is 18.7 Å². The summed E-state index contributed by atoms with van der Waals surface area (Å²) in [6, 6.07) is 7.54. The van der Waals surface area contributed by atoms with E-state index < -0.39 is 0 Å². The standard InChI is InChI=1S/C17H28N2O2/c1-4-17(5-2,13-20)12-18-10-11-19-16(21)15-8-6-14(3)7-9-15/h6-9,18,20H,4-5,10-13H2,1-3H3,(H,19,21). The Morgan fingerprint density at radius 1 is 1.14 bits per heavy atom. The smallest absolute Gasteiger partial charge is 0.251 e. The fourth-order valence-electron chi connectivity index (χ4n) is 2.20. The minimum absolute atomic E-state index is 0.0407.